The van der Waals surface area contributed by atoms with Gasteiger partial charge in [-0.1, -0.05) is 29.8 Å². The minimum atomic E-state index is -0.0302. The van der Waals surface area contributed by atoms with Crippen molar-refractivity contribution in [2.45, 2.75) is 13.0 Å². The van der Waals surface area contributed by atoms with Crippen molar-refractivity contribution in [3.63, 3.8) is 0 Å². The van der Waals surface area contributed by atoms with Crippen LogP contribution in [-0.2, 0) is 0 Å². The molecule has 2 N–H and O–H groups in total. The third-order valence-corrected chi connectivity index (χ3v) is 4.96. The van der Waals surface area contributed by atoms with Gasteiger partial charge in [0, 0.05) is 22.3 Å². The molecule has 0 saturated carbocycles. The number of benzene rings is 3. The Bertz CT molecular complexity index is 1180. The molecule has 0 unspecified atom stereocenters. The van der Waals surface area contributed by atoms with Crippen molar-refractivity contribution in [2.75, 3.05) is 0 Å². The van der Waals surface area contributed by atoms with Gasteiger partial charge in [0.1, 0.15) is 6.33 Å². The average Bonchev–Trinajstić information content (AvgIpc) is 3.11. The predicted octanol–water partition coefficient (Wildman–Crippen LogP) is 5.24. The molecule has 0 fully saturated rings. The molecule has 0 spiro atoms. The summed E-state index contributed by atoms with van der Waals surface area (Å²) in [6.45, 7) is 1.96. The largest absolute Gasteiger partial charge is 0.324 e. The molecule has 5 heteroatoms. The van der Waals surface area contributed by atoms with E-state index in [9.17, 15) is 5.26 Å². The summed E-state index contributed by atoms with van der Waals surface area (Å²) in [4.78, 5) is 4.52. The highest BCUT2D eigenvalue weighted by Gasteiger charge is 2.10. The fraction of sp³-hybridized carbons (Fsp3) is 0.0909. The molecule has 0 bridgehead atoms. The molecule has 3 aromatic carbocycles. The quantitative estimate of drug-likeness (QED) is 0.534. The van der Waals surface area contributed by atoms with Gasteiger partial charge >= 0.3 is 0 Å². The van der Waals surface area contributed by atoms with Gasteiger partial charge in [-0.15, -0.1) is 0 Å². The van der Waals surface area contributed by atoms with Crippen LogP contribution in [0.25, 0.3) is 27.8 Å². The molecule has 4 aromatic rings. The Morgan fingerprint density at radius 2 is 1.96 bits per heavy atom. The second-order valence-electron chi connectivity index (χ2n) is 6.51. The maximum atomic E-state index is 9.17. The van der Waals surface area contributed by atoms with E-state index in [2.05, 4.69) is 11.1 Å². The molecule has 0 saturated heterocycles. The van der Waals surface area contributed by atoms with E-state index < -0.39 is 0 Å². The molecule has 4 rings (SSSR count). The topological polar surface area (TPSA) is 67.6 Å². The van der Waals surface area contributed by atoms with Crippen LogP contribution in [0.15, 0.2) is 67.0 Å². The number of fused-ring (bicyclic) bond motifs is 1. The van der Waals surface area contributed by atoms with Crippen LogP contribution in [0, 0.1) is 11.3 Å². The van der Waals surface area contributed by atoms with Crippen molar-refractivity contribution in [3.8, 4) is 22.9 Å². The lowest BCUT2D eigenvalue weighted by Crippen LogP contribution is -2.04. The number of nitrogens with two attached hydrogens (primary N) is 1. The average molecular weight is 373 g/mol. The van der Waals surface area contributed by atoms with Crippen LogP contribution >= 0.6 is 11.6 Å². The zero-order valence-corrected chi connectivity index (χ0v) is 15.5. The van der Waals surface area contributed by atoms with E-state index >= 15 is 0 Å². The molecular formula is C22H17ClN4. The first-order chi connectivity index (χ1) is 13.1. The fourth-order valence-corrected chi connectivity index (χ4v) is 3.38. The first kappa shape index (κ1) is 17.3. The molecule has 1 atom stereocenters. The molecule has 0 aliphatic carbocycles. The number of halogens is 1. The van der Waals surface area contributed by atoms with E-state index in [1.807, 2.05) is 66.3 Å². The van der Waals surface area contributed by atoms with Crippen molar-refractivity contribution in [2.24, 2.45) is 5.73 Å². The van der Waals surface area contributed by atoms with Gasteiger partial charge in [0.05, 0.1) is 22.7 Å². The number of rotatable bonds is 3. The predicted molar refractivity (Wildman–Crippen MR) is 109 cm³/mol. The Balaban J connectivity index is 1.82. The van der Waals surface area contributed by atoms with Crippen molar-refractivity contribution in [1.29, 1.82) is 5.26 Å². The van der Waals surface area contributed by atoms with Crippen LogP contribution in [0.4, 0.5) is 0 Å². The highest BCUT2D eigenvalue weighted by atomic mass is 35.5. The summed E-state index contributed by atoms with van der Waals surface area (Å²) in [5.41, 5.74) is 12.3. The first-order valence-corrected chi connectivity index (χ1v) is 8.97. The number of nitriles is 1. The summed E-state index contributed by atoms with van der Waals surface area (Å²) in [5, 5.41) is 9.78. The summed E-state index contributed by atoms with van der Waals surface area (Å²) in [7, 11) is 0. The van der Waals surface area contributed by atoms with Crippen LogP contribution in [0.2, 0.25) is 5.02 Å². The third kappa shape index (κ3) is 3.19. The highest BCUT2D eigenvalue weighted by molar-refractivity contribution is 6.33. The number of imidazole rings is 1. The zero-order chi connectivity index (χ0) is 19.0. The van der Waals surface area contributed by atoms with Crippen molar-refractivity contribution >= 4 is 22.6 Å². The van der Waals surface area contributed by atoms with E-state index in [4.69, 9.17) is 17.3 Å². The van der Waals surface area contributed by atoms with Gasteiger partial charge in [0.15, 0.2) is 0 Å². The molecule has 1 heterocycles. The molecule has 1 aromatic heterocycles. The van der Waals surface area contributed by atoms with Gasteiger partial charge in [0.25, 0.3) is 0 Å². The molecule has 27 heavy (non-hydrogen) atoms. The Morgan fingerprint density at radius 1 is 1.11 bits per heavy atom. The monoisotopic (exact) mass is 372 g/mol. The van der Waals surface area contributed by atoms with Gasteiger partial charge < -0.3 is 5.73 Å². The van der Waals surface area contributed by atoms with E-state index in [1.54, 1.807) is 12.1 Å². The first-order valence-electron chi connectivity index (χ1n) is 8.60. The van der Waals surface area contributed by atoms with E-state index in [0.717, 1.165) is 33.4 Å². The molecule has 4 nitrogen and oxygen atoms in total. The number of aromatic nitrogens is 2. The Labute approximate surface area is 162 Å². The van der Waals surface area contributed by atoms with Crippen molar-refractivity contribution < 1.29 is 0 Å². The Morgan fingerprint density at radius 3 is 2.74 bits per heavy atom. The van der Waals surface area contributed by atoms with Gasteiger partial charge in [-0.25, -0.2) is 4.98 Å². The van der Waals surface area contributed by atoms with Crippen LogP contribution in [0.5, 0.6) is 0 Å². The zero-order valence-electron chi connectivity index (χ0n) is 14.7. The molecule has 0 aliphatic heterocycles. The Kier molecular flexibility index (Phi) is 4.41. The molecule has 0 amide bonds. The standard InChI is InChI=1S/C22H17ClN4/c1-14(25)16-6-8-22-21(11-16)26-13-27(22)18-4-2-3-17(10-18)19-9-15(12-24)5-7-20(19)23/h2-11,13-14H,25H2,1H3/t14-/m0/s1. The van der Waals surface area contributed by atoms with Gasteiger partial charge in [-0.2, -0.15) is 5.26 Å². The molecule has 132 valence electrons. The minimum absolute atomic E-state index is 0.0302. The van der Waals surface area contributed by atoms with Gasteiger partial charge in [0.2, 0.25) is 0 Å². The maximum Gasteiger partial charge on any atom is 0.100 e. The Hall–Kier alpha value is -3.13. The summed E-state index contributed by atoms with van der Waals surface area (Å²) in [5.74, 6) is 0. The van der Waals surface area contributed by atoms with Gasteiger partial charge in [-0.05, 0) is 60.5 Å². The fourth-order valence-electron chi connectivity index (χ4n) is 3.16. The van der Waals surface area contributed by atoms with E-state index in [-0.39, 0.29) is 6.04 Å². The highest BCUT2D eigenvalue weighted by Crippen LogP contribution is 2.31. The summed E-state index contributed by atoms with van der Waals surface area (Å²) < 4.78 is 2.03. The number of hydrogen-bond acceptors (Lipinski definition) is 3. The lowest BCUT2D eigenvalue weighted by Gasteiger charge is -2.10. The number of nitrogens with zero attached hydrogens (tertiary/aromatic N) is 3. The lowest BCUT2D eigenvalue weighted by molar-refractivity contribution is 0.819. The van der Waals surface area contributed by atoms with E-state index in [1.165, 1.54) is 0 Å². The van der Waals surface area contributed by atoms with Crippen LogP contribution in [0.1, 0.15) is 24.1 Å². The minimum Gasteiger partial charge on any atom is -0.324 e. The van der Waals surface area contributed by atoms with Crippen molar-refractivity contribution in [3.05, 3.63) is 83.1 Å². The summed E-state index contributed by atoms with van der Waals surface area (Å²) >= 11 is 6.37. The maximum absolute atomic E-state index is 9.17. The van der Waals surface area contributed by atoms with E-state index in [0.29, 0.717) is 10.6 Å². The SMILES string of the molecule is C[C@H](N)c1ccc2c(c1)ncn2-c1cccc(-c2cc(C#N)ccc2Cl)c1. The molecule has 0 radical (unpaired) electrons. The van der Waals surface area contributed by atoms with Gasteiger partial charge in [-0.3, -0.25) is 4.57 Å². The molecular weight excluding hydrogens is 356 g/mol. The number of hydrogen-bond donors (Lipinski definition) is 1. The van der Waals surface area contributed by atoms with Crippen LogP contribution < -0.4 is 5.73 Å². The molecule has 0 aliphatic rings. The third-order valence-electron chi connectivity index (χ3n) is 4.63. The van der Waals surface area contributed by atoms with Crippen molar-refractivity contribution in [1.82, 2.24) is 9.55 Å². The summed E-state index contributed by atoms with van der Waals surface area (Å²) in [6.07, 6.45) is 1.81. The summed E-state index contributed by atoms with van der Waals surface area (Å²) in [6, 6.07) is 21.5. The van der Waals surface area contributed by atoms with Crippen LogP contribution in [0.3, 0.4) is 0 Å². The normalized spacial score (nSPS) is 12.1. The smallest absolute Gasteiger partial charge is 0.100 e. The van der Waals surface area contributed by atoms with Crippen LogP contribution in [-0.4, -0.2) is 9.55 Å². The second-order valence-corrected chi connectivity index (χ2v) is 6.92. The lowest BCUT2D eigenvalue weighted by atomic mass is 10.0. The second kappa shape index (κ2) is 6.88.